The van der Waals surface area contributed by atoms with E-state index in [2.05, 4.69) is 28.7 Å². The second kappa shape index (κ2) is 6.61. The van der Waals surface area contributed by atoms with Gasteiger partial charge in [-0.05, 0) is 71.2 Å². The summed E-state index contributed by atoms with van der Waals surface area (Å²) in [6, 6.07) is 8.78. The van der Waals surface area contributed by atoms with Crippen LogP contribution in [0, 0.1) is 19.7 Å². The molecule has 1 unspecified atom stereocenters. The first-order valence-corrected chi connectivity index (χ1v) is 10.0. The number of aromatic nitrogens is 2. The van der Waals surface area contributed by atoms with Gasteiger partial charge >= 0.3 is 0 Å². The molecule has 2 fully saturated rings. The maximum Gasteiger partial charge on any atom is 0.244 e. The predicted molar refractivity (Wildman–Crippen MR) is 108 cm³/mol. The van der Waals surface area contributed by atoms with E-state index in [1.165, 1.54) is 6.07 Å². The van der Waals surface area contributed by atoms with Crippen LogP contribution in [0.4, 0.5) is 10.1 Å². The van der Waals surface area contributed by atoms with E-state index in [1.807, 2.05) is 26.0 Å². The summed E-state index contributed by atoms with van der Waals surface area (Å²) in [5.74, 6) is -0.0984. The molecule has 2 aromatic rings. The Balaban J connectivity index is 1.59. The maximum absolute atomic E-state index is 13.8. The number of hydrogen-bond donors (Lipinski definition) is 0. The van der Waals surface area contributed by atoms with E-state index < -0.39 is 0 Å². The topological polar surface area (TPSA) is 41.4 Å². The van der Waals surface area contributed by atoms with Crippen LogP contribution in [0.25, 0.3) is 0 Å². The number of benzene rings is 1. The minimum atomic E-state index is -0.224. The van der Waals surface area contributed by atoms with Crippen molar-refractivity contribution in [1.29, 1.82) is 0 Å². The van der Waals surface area contributed by atoms with Gasteiger partial charge in [0.15, 0.2) is 0 Å². The molecule has 0 N–H and O–H groups in total. The Kier molecular flexibility index (Phi) is 4.47. The van der Waals surface area contributed by atoms with Crippen LogP contribution in [-0.4, -0.2) is 44.8 Å². The first kappa shape index (κ1) is 19.0. The van der Waals surface area contributed by atoms with Crippen LogP contribution in [0.5, 0.6) is 0 Å². The molecule has 4 rings (SSSR count). The largest absolute Gasteiger partial charge is 0.364 e. The van der Waals surface area contributed by atoms with Gasteiger partial charge in [0.05, 0.1) is 11.2 Å². The van der Waals surface area contributed by atoms with Gasteiger partial charge in [-0.25, -0.2) is 4.39 Å². The predicted octanol–water partition coefficient (Wildman–Crippen LogP) is 3.69. The van der Waals surface area contributed by atoms with Gasteiger partial charge in [0.1, 0.15) is 12.4 Å². The fraction of sp³-hybridized carbons (Fsp3) is 0.545. The summed E-state index contributed by atoms with van der Waals surface area (Å²) in [7, 11) is 0. The number of nitrogens with zero attached hydrogens (tertiary/aromatic N) is 4. The Labute approximate surface area is 166 Å². The molecule has 1 atom stereocenters. The molecule has 28 heavy (non-hydrogen) atoms. The van der Waals surface area contributed by atoms with Crippen molar-refractivity contribution in [3.8, 4) is 0 Å². The molecule has 5 nitrogen and oxygen atoms in total. The Morgan fingerprint density at radius 1 is 1.25 bits per heavy atom. The first-order chi connectivity index (χ1) is 13.2. The minimum Gasteiger partial charge on any atom is -0.364 e. The molecule has 2 aliphatic heterocycles. The summed E-state index contributed by atoms with van der Waals surface area (Å²) in [6.07, 6.45) is 2.89. The van der Waals surface area contributed by atoms with Crippen molar-refractivity contribution in [1.82, 2.24) is 14.7 Å². The average Bonchev–Trinajstić information content (AvgIpc) is 3.23. The number of likely N-dealkylation sites (tertiary alicyclic amines) is 1. The lowest BCUT2D eigenvalue weighted by Gasteiger charge is -2.35. The van der Waals surface area contributed by atoms with Crippen molar-refractivity contribution in [2.24, 2.45) is 0 Å². The molecule has 2 saturated heterocycles. The average molecular weight is 384 g/mol. The van der Waals surface area contributed by atoms with Crippen LogP contribution in [0.15, 0.2) is 30.3 Å². The summed E-state index contributed by atoms with van der Waals surface area (Å²) in [5, 5.41) is 4.45. The molecule has 6 heteroatoms. The van der Waals surface area contributed by atoms with Crippen LogP contribution in [0.3, 0.4) is 0 Å². The van der Waals surface area contributed by atoms with E-state index in [1.54, 1.807) is 16.8 Å². The molecule has 0 aliphatic carbocycles. The smallest absolute Gasteiger partial charge is 0.244 e. The SMILES string of the molecule is Cc1cc(C)n(CC(=O)N2CCCC23CN(c2cccc(F)c2)C(C)(C)C3)n1. The number of carbonyl (C=O) groups is 1. The van der Waals surface area contributed by atoms with Crippen molar-refractivity contribution in [2.45, 2.75) is 64.6 Å². The first-order valence-electron chi connectivity index (χ1n) is 10.0. The fourth-order valence-corrected chi connectivity index (χ4v) is 5.27. The maximum atomic E-state index is 13.8. The number of rotatable bonds is 3. The quantitative estimate of drug-likeness (QED) is 0.810. The summed E-state index contributed by atoms with van der Waals surface area (Å²) >= 11 is 0. The molecule has 0 bridgehead atoms. The lowest BCUT2D eigenvalue weighted by molar-refractivity contribution is -0.135. The van der Waals surface area contributed by atoms with E-state index >= 15 is 0 Å². The lowest BCUT2D eigenvalue weighted by atomic mass is 9.87. The molecule has 1 aromatic heterocycles. The number of aryl methyl sites for hydroxylation is 2. The highest BCUT2D eigenvalue weighted by atomic mass is 19.1. The summed E-state index contributed by atoms with van der Waals surface area (Å²) < 4.78 is 15.6. The molecule has 150 valence electrons. The summed E-state index contributed by atoms with van der Waals surface area (Å²) in [4.78, 5) is 17.6. The van der Waals surface area contributed by atoms with Gasteiger partial charge in [0.2, 0.25) is 5.91 Å². The van der Waals surface area contributed by atoms with Crippen molar-refractivity contribution >= 4 is 11.6 Å². The number of amides is 1. The normalized spacial score (nSPS) is 23.8. The Hall–Kier alpha value is -2.37. The van der Waals surface area contributed by atoms with Crippen molar-refractivity contribution in [3.63, 3.8) is 0 Å². The van der Waals surface area contributed by atoms with E-state index in [-0.39, 0.29) is 29.3 Å². The van der Waals surface area contributed by atoms with E-state index in [9.17, 15) is 9.18 Å². The monoisotopic (exact) mass is 384 g/mol. The van der Waals surface area contributed by atoms with Gasteiger partial charge in [-0.3, -0.25) is 9.48 Å². The van der Waals surface area contributed by atoms with E-state index in [0.29, 0.717) is 0 Å². The number of halogens is 1. The second-order valence-corrected chi connectivity index (χ2v) is 9.01. The van der Waals surface area contributed by atoms with Crippen molar-refractivity contribution in [2.75, 3.05) is 18.0 Å². The van der Waals surface area contributed by atoms with E-state index in [0.717, 1.165) is 49.4 Å². The number of anilines is 1. The molecule has 1 amide bonds. The molecule has 0 radical (unpaired) electrons. The van der Waals surface area contributed by atoms with Crippen LogP contribution >= 0.6 is 0 Å². The molecule has 2 aliphatic rings. The zero-order valence-electron chi connectivity index (χ0n) is 17.2. The molecule has 1 aromatic carbocycles. The van der Waals surface area contributed by atoms with Gasteiger partial charge in [-0.2, -0.15) is 5.10 Å². The third-order valence-corrected chi connectivity index (χ3v) is 6.35. The lowest BCUT2D eigenvalue weighted by Crippen LogP contribution is -2.50. The van der Waals surface area contributed by atoms with Crippen LogP contribution in [0.1, 0.15) is 44.5 Å². The van der Waals surface area contributed by atoms with Gasteiger partial charge in [0.25, 0.3) is 0 Å². The van der Waals surface area contributed by atoms with Gasteiger partial charge in [-0.15, -0.1) is 0 Å². The van der Waals surface area contributed by atoms with Gasteiger partial charge in [-0.1, -0.05) is 6.07 Å². The zero-order chi connectivity index (χ0) is 20.1. The fourth-order valence-electron chi connectivity index (χ4n) is 5.27. The molecule has 0 saturated carbocycles. The van der Waals surface area contributed by atoms with Crippen LogP contribution in [0.2, 0.25) is 0 Å². The third-order valence-electron chi connectivity index (χ3n) is 6.35. The number of carbonyl (C=O) groups excluding carboxylic acids is 1. The summed E-state index contributed by atoms with van der Waals surface area (Å²) in [6.45, 7) is 10.1. The van der Waals surface area contributed by atoms with Gasteiger partial charge in [0, 0.05) is 30.0 Å². The highest BCUT2D eigenvalue weighted by molar-refractivity contribution is 5.78. The van der Waals surface area contributed by atoms with Crippen LogP contribution < -0.4 is 4.90 Å². The summed E-state index contributed by atoms with van der Waals surface area (Å²) in [5.41, 5.74) is 2.49. The molecule has 1 spiro atoms. The molecular formula is C22H29FN4O. The van der Waals surface area contributed by atoms with Crippen molar-refractivity contribution < 1.29 is 9.18 Å². The third kappa shape index (κ3) is 3.19. The Morgan fingerprint density at radius 2 is 2.04 bits per heavy atom. The van der Waals surface area contributed by atoms with Gasteiger partial charge < -0.3 is 9.80 Å². The highest BCUT2D eigenvalue weighted by Gasteiger charge is 2.54. The minimum absolute atomic E-state index is 0.126. The Morgan fingerprint density at radius 3 is 2.71 bits per heavy atom. The van der Waals surface area contributed by atoms with Crippen molar-refractivity contribution in [3.05, 3.63) is 47.5 Å². The molecular weight excluding hydrogens is 355 g/mol. The van der Waals surface area contributed by atoms with E-state index in [4.69, 9.17) is 0 Å². The zero-order valence-corrected chi connectivity index (χ0v) is 17.2. The molecule has 3 heterocycles. The standard InChI is InChI=1S/C22H29FN4O/c1-16-11-17(2)27(24-16)13-20(28)25-10-6-9-22(25)14-21(3,4)26(15-22)19-8-5-7-18(23)12-19/h5,7-8,11-12H,6,9-10,13-15H2,1-4H3. The van der Waals surface area contributed by atoms with Crippen LogP contribution in [-0.2, 0) is 11.3 Å². The Bertz CT molecular complexity index is 906. The highest BCUT2D eigenvalue weighted by Crippen LogP contribution is 2.47. The number of hydrogen-bond acceptors (Lipinski definition) is 3. The second-order valence-electron chi connectivity index (χ2n) is 9.01.